The highest BCUT2D eigenvalue weighted by Gasteiger charge is 2.15. The summed E-state index contributed by atoms with van der Waals surface area (Å²) >= 11 is 1.13. The lowest BCUT2D eigenvalue weighted by atomic mass is 10.2. The predicted octanol–water partition coefficient (Wildman–Crippen LogP) is 2.37. The third kappa shape index (κ3) is 4.78. The van der Waals surface area contributed by atoms with Crippen molar-refractivity contribution in [2.24, 2.45) is 0 Å². The van der Waals surface area contributed by atoms with Crippen LogP contribution < -0.4 is 14.8 Å². The van der Waals surface area contributed by atoms with Crippen LogP contribution in [0.4, 0.5) is 5.69 Å². The second-order valence-electron chi connectivity index (χ2n) is 4.81. The molecule has 23 heavy (non-hydrogen) atoms. The van der Waals surface area contributed by atoms with Gasteiger partial charge >= 0.3 is 0 Å². The Morgan fingerprint density at radius 3 is 2.70 bits per heavy atom. The summed E-state index contributed by atoms with van der Waals surface area (Å²) < 4.78 is 31.6. The Morgan fingerprint density at radius 2 is 2.09 bits per heavy atom. The van der Waals surface area contributed by atoms with Gasteiger partial charge in [0.2, 0.25) is 15.9 Å². The molecule has 8 heteroatoms. The van der Waals surface area contributed by atoms with Crippen molar-refractivity contribution >= 4 is 33.0 Å². The van der Waals surface area contributed by atoms with Gasteiger partial charge in [0.05, 0.1) is 7.11 Å². The Bertz CT molecular complexity index is 771. The smallest absolute Gasteiger partial charge is 0.250 e. The molecule has 0 saturated carbocycles. The van der Waals surface area contributed by atoms with Gasteiger partial charge in [-0.3, -0.25) is 4.79 Å². The molecule has 6 nitrogen and oxygen atoms in total. The van der Waals surface area contributed by atoms with E-state index in [1.54, 1.807) is 36.8 Å². The Morgan fingerprint density at radius 1 is 1.30 bits per heavy atom. The first kappa shape index (κ1) is 17.5. The second-order valence-corrected chi connectivity index (χ2v) is 7.75. The minimum atomic E-state index is -3.53. The monoisotopic (exact) mass is 354 g/mol. The summed E-state index contributed by atoms with van der Waals surface area (Å²) in [5.41, 5.74) is 1.55. The Kier molecular flexibility index (Phi) is 5.75. The highest BCUT2D eigenvalue weighted by Crippen LogP contribution is 2.21. The van der Waals surface area contributed by atoms with Crippen LogP contribution in [0.15, 0.2) is 39.9 Å². The maximum Gasteiger partial charge on any atom is 0.250 e. The highest BCUT2D eigenvalue weighted by molar-refractivity contribution is 7.91. The normalized spacial score (nSPS) is 11.2. The SMILES string of the molecule is COc1ccc(NC(=O)CCNS(=O)(=O)c2cccs2)cc1C. The third-order valence-corrected chi connectivity index (χ3v) is 5.94. The van der Waals surface area contributed by atoms with E-state index in [0.29, 0.717) is 5.69 Å². The molecule has 1 aromatic heterocycles. The van der Waals surface area contributed by atoms with E-state index in [-0.39, 0.29) is 23.1 Å². The molecule has 0 spiro atoms. The first-order valence-electron chi connectivity index (χ1n) is 6.90. The number of hydrogen-bond donors (Lipinski definition) is 2. The maximum absolute atomic E-state index is 11.9. The number of benzene rings is 1. The highest BCUT2D eigenvalue weighted by atomic mass is 32.2. The van der Waals surface area contributed by atoms with Crippen LogP contribution >= 0.6 is 11.3 Å². The fourth-order valence-electron chi connectivity index (χ4n) is 1.97. The summed E-state index contributed by atoms with van der Waals surface area (Å²) in [4.78, 5) is 11.9. The lowest BCUT2D eigenvalue weighted by Crippen LogP contribution is -2.27. The van der Waals surface area contributed by atoms with Gasteiger partial charge < -0.3 is 10.1 Å². The van der Waals surface area contributed by atoms with Crippen molar-refractivity contribution in [2.75, 3.05) is 19.0 Å². The Labute approximate surface area is 139 Å². The quantitative estimate of drug-likeness (QED) is 0.799. The van der Waals surface area contributed by atoms with Crippen LogP contribution in [0.2, 0.25) is 0 Å². The minimum absolute atomic E-state index is 0.0429. The number of ether oxygens (including phenoxy) is 1. The first-order valence-corrected chi connectivity index (χ1v) is 9.26. The van der Waals surface area contributed by atoms with Crippen LogP contribution in [-0.2, 0) is 14.8 Å². The van der Waals surface area contributed by atoms with E-state index in [9.17, 15) is 13.2 Å². The minimum Gasteiger partial charge on any atom is -0.496 e. The van der Waals surface area contributed by atoms with Crippen LogP contribution in [0.5, 0.6) is 5.75 Å². The summed E-state index contributed by atoms with van der Waals surface area (Å²) in [6.07, 6.45) is 0.0513. The summed E-state index contributed by atoms with van der Waals surface area (Å²) in [7, 11) is -1.95. The standard InChI is InChI=1S/C15H18N2O4S2/c1-11-10-12(5-6-13(11)21-2)17-14(18)7-8-16-23(19,20)15-4-3-9-22-15/h3-6,9-10,16H,7-8H2,1-2H3,(H,17,18). The number of methoxy groups -OCH3 is 1. The number of carbonyl (C=O) groups excluding carboxylic acids is 1. The second kappa shape index (κ2) is 7.58. The van der Waals surface area contributed by atoms with Crippen LogP contribution in [0.3, 0.4) is 0 Å². The molecule has 2 rings (SSSR count). The van der Waals surface area contributed by atoms with E-state index in [1.165, 1.54) is 6.07 Å². The fraction of sp³-hybridized carbons (Fsp3) is 0.267. The average Bonchev–Trinajstić information content (AvgIpc) is 3.02. The molecule has 0 aliphatic rings. The van der Waals surface area contributed by atoms with Gasteiger partial charge in [-0.05, 0) is 42.1 Å². The molecule has 2 N–H and O–H groups in total. The van der Waals surface area contributed by atoms with Gasteiger partial charge in [0.15, 0.2) is 0 Å². The summed E-state index contributed by atoms with van der Waals surface area (Å²) in [5, 5.41) is 4.42. The number of rotatable bonds is 7. The van der Waals surface area contributed by atoms with Crippen molar-refractivity contribution < 1.29 is 17.9 Å². The van der Waals surface area contributed by atoms with Crippen molar-refractivity contribution in [3.05, 3.63) is 41.3 Å². The van der Waals surface area contributed by atoms with Gasteiger partial charge in [-0.2, -0.15) is 0 Å². The molecule has 0 aliphatic heterocycles. The molecule has 0 saturated heterocycles. The van der Waals surface area contributed by atoms with E-state index in [2.05, 4.69) is 10.0 Å². The molecule has 0 radical (unpaired) electrons. The fourth-order valence-corrected chi connectivity index (χ4v) is 4.04. The summed E-state index contributed by atoms with van der Waals surface area (Å²) in [6, 6.07) is 8.49. The van der Waals surface area contributed by atoms with Crippen LogP contribution in [-0.4, -0.2) is 28.0 Å². The molecule has 124 valence electrons. The molecule has 1 amide bonds. The molecular formula is C15H18N2O4S2. The first-order chi connectivity index (χ1) is 10.9. The zero-order valence-corrected chi connectivity index (χ0v) is 14.5. The molecule has 0 unspecified atom stereocenters. The van der Waals surface area contributed by atoms with Gasteiger partial charge in [-0.1, -0.05) is 6.07 Å². The van der Waals surface area contributed by atoms with Crippen molar-refractivity contribution in [3.63, 3.8) is 0 Å². The van der Waals surface area contributed by atoms with Gasteiger partial charge in [-0.25, -0.2) is 13.1 Å². The summed E-state index contributed by atoms with van der Waals surface area (Å²) in [5.74, 6) is 0.482. The van der Waals surface area contributed by atoms with Gasteiger partial charge in [-0.15, -0.1) is 11.3 Å². The van der Waals surface area contributed by atoms with E-state index in [0.717, 1.165) is 22.6 Å². The van der Waals surface area contributed by atoms with Crippen molar-refractivity contribution in [2.45, 2.75) is 17.6 Å². The van der Waals surface area contributed by atoms with E-state index in [1.807, 2.05) is 6.92 Å². The number of carbonyl (C=O) groups is 1. The zero-order valence-electron chi connectivity index (χ0n) is 12.8. The number of aryl methyl sites for hydroxylation is 1. The number of thiophene rings is 1. The number of amides is 1. The summed E-state index contributed by atoms with van der Waals surface area (Å²) in [6.45, 7) is 1.92. The molecular weight excluding hydrogens is 336 g/mol. The van der Waals surface area contributed by atoms with Crippen LogP contribution in [0.1, 0.15) is 12.0 Å². The third-order valence-electron chi connectivity index (χ3n) is 3.08. The molecule has 0 fully saturated rings. The lowest BCUT2D eigenvalue weighted by molar-refractivity contribution is -0.116. The lowest BCUT2D eigenvalue weighted by Gasteiger charge is -2.09. The van der Waals surface area contributed by atoms with Crippen LogP contribution in [0, 0.1) is 6.92 Å². The van der Waals surface area contributed by atoms with Crippen molar-refractivity contribution in [1.29, 1.82) is 0 Å². The maximum atomic E-state index is 11.9. The number of nitrogens with one attached hydrogen (secondary N) is 2. The van der Waals surface area contributed by atoms with Crippen molar-refractivity contribution in [1.82, 2.24) is 4.72 Å². The van der Waals surface area contributed by atoms with Crippen LogP contribution in [0.25, 0.3) is 0 Å². The average molecular weight is 354 g/mol. The molecule has 0 atom stereocenters. The number of hydrogen-bond acceptors (Lipinski definition) is 5. The number of sulfonamides is 1. The van der Waals surface area contributed by atoms with E-state index < -0.39 is 10.0 Å². The molecule has 2 aromatic rings. The number of anilines is 1. The Hall–Kier alpha value is -1.90. The van der Waals surface area contributed by atoms with Gasteiger partial charge in [0.1, 0.15) is 9.96 Å². The molecule has 0 aliphatic carbocycles. The van der Waals surface area contributed by atoms with E-state index in [4.69, 9.17) is 4.74 Å². The van der Waals surface area contributed by atoms with Gasteiger partial charge in [0, 0.05) is 18.7 Å². The molecule has 1 aromatic carbocycles. The Balaban J connectivity index is 1.85. The molecule has 0 bridgehead atoms. The van der Waals surface area contributed by atoms with Crippen molar-refractivity contribution in [3.8, 4) is 5.75 Å². The zero-order chi connectivity index (χ0) is 16.9. The van der Waals surface area contributed by atoms with E-state index >= 15 is 0 Å². The predicted molar refractivity (Wildman–Crippen MR) is 90.5 cm³/mol. The topological polar surface area (TPSA) is 84.5 Å². The molecule has 1 heterocycles. The van der Waals surface area contributed by atoms with Gasteiger partial charge in [0.25, 0.3) is 0 Å². The largest absolute Gasteiger partial charge is 0.496 e.